The topological polar surface area (TPSA) is 72.8 Å². The van der Waals surface area contributed by atoms with Crippen LogP contribution < -0.4 is 0 Å². The zero-order valence-electron chi connectivity index (χ0n) is 52.8. The first kappa shape index (κ1) is 77.7. The van der Waals surface area contributed by atoms with E-state index in [4.69, 9.17) is 9.47 Å². The number of unbranched alkanes of at least 4 members (excludes halogenated alkanes) is 8. The lowest BCUT2D eigenvalue weighted by molar-refractivity contribution is -0.161. The number of ether oxygens (including phenoxy) is 2. The highest BCUT2D eigenvalue weighted by atomic mass is 16.6. The minimum Gasteiger partial charge on any atom is -0.462 e. The van der Waals surface area contributed by atoms with Crippen LogP contribution in [0.15, 0.2) is 243 Å². The quantitative estimate of drug-likeness (QED) is 0.0373. The molecular formula is C79H116O5. The van der Waals surface area contributed by atoms with Crippen molar-refractivity contribution in [2.45, 2.75) is 225 Å². The Labute approximate surface area is 515 Å². The number of aliphatic hydroxyl groups is 1. The van der Waals surface area contributed by atoms with Gasteiger partial charge >= 0.3 is 11.9 Å². The highest BCUT2D eigenvalue weighted by Crippen LogP contribution is 2.12. The van der Waals surface area contributed by atoms with Crippen molar-refractivity contribution in [3.8, 4) is 0 Å². The predicted molar refractivity (Wildman–Crippen MR) is 370 cm³/mol. The van der Waals surface area contributed by atoms with E-state index in [0.29, 0.717) is 12.8 Å². The van der Waals surface area contributed by atoms with E-state index in [0.717, 1.165) is 161 Å². The number of hydrogen-bond donors (Lipinski definition) is 1. The van der Waals surface area contributed by atoms with E-state index in [1.54, 1.807) is 0 Å². The molecule has 1 unspecified atom stereocenters. The van der Waals surface area contributed by atoms with Crippen molar-refractivity contribution < 1.29 is 24.2 Å². The average molecular weight is 1150 g/mol. The van der Waals surface area contributed by atoms with Crippen LogP contribution in [0.4, 0.5) is 0 Å². The van der Waals surface area contributed by atoms with Crippen LogP contribution in [0.3, 0.4) is 0 Å². The van der Waals surface area contributed by atoms with Crippen LogP contribution in [-0.4, -0.2) is 36.4 Å². The number of hydrogen-bond acceptors (Lipinski definition) is 5. The molecule has 0 heterocycles. The van der Waals surface area contributed by atoms with Crippen LogP contribution in [0.2, 0.25) is 0 Å². The van der Waals surface area contributed by atoms with Gasteiger partial charge in [0.05, 0.1) is 6.61 Å². The summed E-state index contributed by atoms with van der Waals surface area (Å²) < 4.78 is 10.7. The van der Waals surface area contributed by atoms with Crippen LogP contribution in [0, 0.1) is 0 Å². The molecule has 0 saturated heterocycles. The van der Waals surface area contributed by atoms with Crippen molar-refractivity contribution in [3.63, 3.8) is 0 Å². The summed E-state index contributed by atoms with van der Waals surface area (Å²) in [6, 6.07) is 0. The predicted octanol–water partition coefficient (Wildman–Crippen LogP) is 23.1. The third-order valence-electron chi connectivity index (χ3n) is 12.6. The first-order valence-electron chi connectivity index (χ1n) is 32.6. The monoisotopic (exact) mass is 1140 g/mol. The lowest BCUT2D eigenvalue weighted by Crippen LogP contribution is -2.28. The van der Waals surface area contributed by atoms with E-state index in [2.05, 4.69) is 257 Å². The van der Waals surface area contributed by atoms with E-state index in [1.165, 1.54) is 25.7 Å². The van der Waals surface area contributed by atoms with Crippen LogP contribution >= 0.6 is 0 Å². The molecule has 0 aliphatic carbocycles. The number of rotatable bonds is 56. The first-order chi connectivity index (χ1) is 41.6. The second-order valence-electron chi connectivity index (χ2n) is 20.4. The Morgan fingerprint density at radius 2 is 0.488 bits per heavy atom. The minimum atomic E-state index is -0.824. The van der Waals surface area contributed by atoms with Crippen molar-refractivity contribution in [3.05, 3.63) is 243 Å². The molecule has 1 N–H and O–H groups in total. The van der Waals surface area contributed by atoms with Crippen molar-refractivity contribution in [2.24, 2.45) is 0 Å². The van der Waals surface area contributed by atoms with Crippen molar-refractivity contribution >= 4 is 11.9 Å². The molecule has 0 fully saturated rings. The maximum atomic E-state index is 12.3. The van der Waals surface area contributed by atoms with E-state index < -0.39 is 6.10 Å². The van der Waals surface area contributed by atoms with Gasteiger partial charge in [0.25, 0.3) is 0 Å². The standard InChI is InChI=1S/C79H116O5/c1-3-5-7-9-11-13-15-17-19-21-23-25-27-29-31-33-34-35-36-37-38-39-40-41-42-43-44-46-48-50-52-54-56-58-60-62-64-66-68-70-72-74-79(82)84-77(75-80)76-83-78(81)73-71-69-67-65-63-61-59-57-55-53-51-49-47-45-32-30-28-26-24-22-20-18-16-14-12-10-8-6-4-2/h5-8,11-14,17-20,23-26,29-32,34-35,37-38,40-41,43-44,47-50,53-56,59,61,65,67,77,80H,3-4,9-10,15-16,21-22,27-28,33,36,39,42,45-46,51-52,57-58,60,62-64,66,68-76H2,1-2H3/b7-5-,8-6-,13-11-,14-12-,19-17-,20-18-,25-23-,26-24-,31-29-,32-30-,35-34-,38-37-,41-40-,44-43-,49-47-,50-48-,55-53-,56-54-,61-59-,67-65-. The van der Waals surface area contributed by atoms with Crippen LogP contribution in [0.1, 0.15) is 219 Å². The highest BCUT2D eigenvalue weighted by Gasteiger charge is 2.16. The first-order valence-corrected chi connectivity index (χ1v) is 32.6. The summed E-state index contributed by atoms with van der Waals surface area (Å²) in [5.41, 5.74) is 0. The maximum absolute atomic E-state index is 12.3. The van der Waals surface area contributed by atoms with Gasteiger partial charge in [-0.3, -0.25) is 9.59 Å². The SMILES string of the molecule is CC/C=C\C/C=C\C/C=C\C/C=C\C/C=C\C/C=C\C/C=C\C/C=C\C/C=C\C/C=C\C/C=C\CCCCCCCCCC(=O)OC(CO)COC(=O)CCC/C=C\C/C=C\C/C=C\C/C=C\C/C=C\C/C=C\C/C=C\C/C=C\C/C=C\CC. The molecule has 0 bridgehead atoms. The van der Waals surface area contributed by atoms with Gasteiger partial charge in [0.2, 0.25) is 0 Å². The Morgan fingerprint density at radius 1 is 0.274 bits per heavy atom. The summed E-state index contributed by atoms with van der Waals surface area (Å²) in [4.78, 5) is 24.6. The zero-order chi connectivity index (χ0) is 60.5. The van der Waals surface area contributed by atoms with Gasteiger partial charge in [0.15, 0.2) is 6.10 Å². The Hall–Kier alpha value is -6.30. The van der Waals surface area contributed by atoms with Gasteiger partial charge < -0.3 is 14.6 Å². The lowest BCUT2D eigenvalue weighted by Gasteiger charge is -2.15. The van der Waals surface area contributed by atoms with Gasteiger partial charge in [0.1, 0.15) is 6.61 Å². The van der Waals surface area contributed by atoms with Crippen molar-refractivity contribution in [1.29, 1.82) is 0 Å². The molecule has 84 heavy (non-hydrogen) atoms. The van der Waals surface area contributed by atoms with E-state index in [9.17, 15) is 14.7 Å². The summed E-state index contributed by atoms with van der Waals surface area (Å²) in [6.45, 7) is 3.83. The molecule has 0 aromatic rings. The second kappa shape index (κ2) is 71.0. The molecule has 5 nitrogen and oxygen atoms in total. The van der Waals surface area contributed by atoms with Crippen LogP contribution in [0.5, 0.6) is 0 Å². The van der Waals surface area contributed by atoms with E-state index >= 15 is 0 Å². The summed E-state index contributed by atoms with van der Waals surface area (Å²) in [5, 5.41) is 9.68. The average Bonchev–Trinajstić information content (AvgIpc) is 3.51. The number of carbonyl (C=O) groups excluding carboxylic acids is 2. The largest absolute Gasteiger partial charge is 0.462 e. The van der Waals surface area contributed by atoms with Gasteiger partial charge in [-0.15, -0.1) is 0 Å². The molecule has 0 aromatic heterocycles. The number of aliphatic hydroxyl groups excluding tert-OH is 1. The Bertz CT molecular complexity index is 2130. The number of esters is 2. The molecule has 0 aromatic carbocycles. The fourth-order valence-electron chi connectivity index (χ4n) is 7.85. The molecular weight excluding hydrogens is 1030 g/mol. The van der Waals surface area contributed by atoms with Gasteiger partial charge in [-0.1, -0.05) is 289 Å². The number of allylic oxidation sites excluding steroid dienone is 40. The zero-order valence-corrected chi connectivity index (χ0v) is 52.8. The third kappa shape index (κ3) is 68.2. The maximum Gasteiger partial charge on any atom is 0.306 e. The minimum absolute atomic E-state index is 0.118. The highest BCUT2D eigenvalue weighted by molar-refractivity contribution is 5.70. The molecule has 0 aliphatic rings. The lowest BCUT2D eigenvalue weighted by atomic mass is 10.1. The summed E-state index contributed by atoms with van der Waals surface area (Å²) in [7, 11) is 0. The molecule has 0 rings (SSSR count). The van der Waals surface area contributed by atoms with E-state index in [-0.39, 0.29) is 31.6 Å². The van der Waals surface area contributed by atoms with Gasteiger partial charge in [-0.25, -0.2) is 0 Å². The van der Waals surface area contributed by atoms with Crippen molar-refractivity contribution in [2.75, 3.05) is 13.2 Å². The Morgan fingerprint density at radius 3 is 0.750 bits per heavy atom. The van der Waals surface area contributed by atoms with Gasteiger partial charge in [-0.2, -0.15) is 0 Å². The molecule has 5 heteroatoms. The fourth-order valence-corrected chi connectivity index (χ4v) is 7.85. The van der Waals surface area contributed by atoms with Crippen molar-refractivity contribution in [1.82, 2.24) is 0 Å². The molecule has 0 radical (unpaired) electrons. The molecule has 0 aliphatic heterocycles. The normalized spacial score (nSPS) is 13.9. The fraction of sp³-hybridized carbons (Fsp3) is 0.468. The smallest absolute Gasteiger partial charge is 0.306 e. The molecule has 0 amide bonds. The summed E-state index contributed by atoms with van der Waals surface area (Å²) in [5.74, 6) is -0.695. The Balaban J connectivity index is 3.72. The summed E-state index contributed by atoms with van der Waals surface area (Å²) in [6.07, 6.45) is 119. The number of carbonyl (C=O) groups is 2. The van der Waals surface area contributed by atoms with E-state index in [1.807, 2.05) is 0 Å². The third-order valence-corrected chi connectivity index (χ3v) is 12.6. The van der Waals surface area contributed by atoms with Crippen LogP contribution in [-0.2, 0) is 19.1 Å². The molecule has 0 saturated carbocycles. The summed E-state index contributed by atoms with van der Waals surface area (Å²) >= 11 is 0. The molecule has 1 atom stereocenters. The van der Waals surface area contributed by atoms with Gasteiger partial charge in [0, 0.05) is 12.8 Å². The van der Waals surface area contributed by atoms with Crippen LogP contribution in [0.25, 0.3) is 0 Å². The second-order valence-corrected chi connectivity index (χ2v) is 20.4. The molecule has 0 spiro atoms. The van der Waals surface area contributed by atoms with Gasteiger partial charge in [-0.05, 0) is 161 Å². The molecule has 462 valence electrons. The Kier molecular flexibility index (Phi) is 65.6.